The number of benzene rings is 2. The van der Waals surface area contributed by atoms with E-state index in [1.165, 1.54) is 0 Å². The van der Waals surface area contributed by atoms with Gasteiger partial charge in [0.25, 0.3) is 5.91 Å². The molecule has 0 spiro atoms. The van der Waals surface area contributed by atoms with Crippen LogP contribution in [0.5, 0.6) is 0 Å². The molecule has 0 bridgehead atoms. The lowest BCUT2D eigenvalue weighted by molar-refractivity contribution is -0.126. The maximum Gasteiger partial charge on any atom is 0.270 e. The molecule has 4 rings (SSSR count). The van der Waals surface area contributed by atoms with E-state index in [1.807, 2.05) is 54.6 Å². The highest BCUT2D eigenvalue weighted by Gasteiger charge is 2.29. The fourth-order valence-corrected chi connectivity index (χ4v) is 3.93. The van der Waals surface area contributed by atoms with Crippen LogP contribution >= 0.6 is 11.6 Å². The van der Waals surface area contributed by atoms with Crippen molar-refractivity contribution in [3.05, 3.63) is 70.9 Å². The number of hydrogen-bond acceptors (Lipinski definition) is 2. The molecule has 2 N–H and O–H groups in total. The van der Waals surface area contributed by atoms with Crippen LogP contribution in [0.2, 0.25) is 5.02 Å². The number of carbonyl (C=O) groups is 2. The molecule has 3 aromatic rings. The minimum Gasteiger partial charge on any atom is -0.352 e. The first kappa shape index (κ1) is 18.6. The molecule has 1 atom stereocenters. The lowest BCUT2D eigenvalue weighted by Crippen LogP contribution is -2.45. The summed E-state index contributed by atoms with van der Waals surface area (Å²) < 4.78 is 0. The number of amides is 2. The number of carbonyl (C=O) groups excluding carboxylic acids is 2. The average molecular weight is 396 g/mol. The Hall–Kier alpha value is -2.79. The van der Waals surface area contributed by atoms with Gasteiger partial charge in [-0.25, -0.2) is 0 Å². The first-order valence-electron chi connectivity index (χ1n) is 9.49. The van der Waals surface area contributed by atoms with Crippen molar-refractivity contribution in [1.29, 1.82) is 0 Å². The van der Waals surface area contributed by atoms with Crippen LogP contribution in [-0.4, -0.2) is 34.8 Å². The molecular formula is C22H22ClN3O2. The summed E-state index contributed by atoms with van der Waals surface area (Å²) in [6.45, 7) is 1.55. The third kappa shape index (κ3) is 4.04. The third-order valence-electron chi connectivity index (χ3n) is 5.20. The van der Waals surface area contributed by atoms with E-state index < -0.39 is 0 Å². The molecule has 1 fully saturated rings. The summed E-state index contributed by atoms with van der Waals surface area (Å²) in [5, 5.41) is 4.64. The Morgan fingerprint density at radius 1 is 1.14 bits per heavy atom. The van der Waals surface area contributed by atoms with Gasteiger partial charge in [-0.15, -0.1) is 0 Å². The smallest absolute Gasteiger partial charge is 0.270 e. The topological polar surface area (TPSA) is 65.2 Å². The molecule has 144 valence electrons. The Bertz CT molecular complexity index is 981. The number of piperidine rings is 1. The van der Waals surface area contributed by atoms with Gasteiger partial charge in [0, 0.05) is 35.6 Å². The highest BCUT2D eigenvalue weighted by atomic mass is 35.5. The van der Waals surface area contributed by atoms with Crippen LogP contribution < -0.4 is 5.32 Å². The number of rotatable bonds is 4. The Balaban J connectivity index is 1.39. The molecule has 0 aliphatic carbocycles. The van der Waals surface area contributed by atoms with Gasteiger partial charge in [0.2, 0.25) is 5.91 Å². The number of halogens is 1. The number of likely N-dealkylation sites (tertiary alicyclic amines) is 1. The molecule has 2 heterocycles. The van der Waals surface area contributed by atoms with Crippen molar-refractivity contribution in [3.63, 3.8) is 0 Å². The van der Waals surface area contributed by atoms with E-state index in [4.69, 9.17) is 11.6 Å². The summed E-state index contributed by atoms with van der Waals surface area (Å²) in [7, 11) is 0. The first-order valence-corrected chi connectivity index (χ1v) is 9.87. The van der Waals surface area contributed by atoms with Crippen molar-refractivity contribution in [2.45, 2.75) is 19.4 Å². The van der Waals surface area contributed by atoms with Gasteiger partial charge >= 0.3 is 0 Å². The number of fused-ring (bicyclic) bond motifs is 1. The van der Waals surface area contributed by atoms with E-state index in [0.717, 1.165) is 29.3 Å². The molecule has 0 radical (unpaired) electrons. The molecule has 1 aliphatic heterocycles. The summed E-state index contributed by atoms with van der Waals surface area (Å²) in [6, 6.07) is 17.1. The number of para-hydroxylation sites is 1. The predicted octanol–water partition coefficient (Wildman–Crippen LogP) is 3.99. The monoisotopic (exact) mass is 395 g/mol. The second-order valence-electron chi connectivity index (χ2n) is 7.21. The minimum absolute atomic E-state index is 0.0193. The van der Waals surface area contributed by atoms with Crippen LogP contribution in [-0.2, 0) is 11.3 Å². The van der Waals surface area contributed by atoms with Gasteiger partial charge in [-0.1, -0.05) is 41.9 Å². The van der Waals surface area contributed by atoms with E-state index in [2.05, 4.69) is 10.3 Å². The summed E-state index contributed by atoms with van der Waals surface area (Å²) in [4.78, 5) is 30.5. The van der Waals surface area contributed by atoms with Crippen LogP contribution in [0.25, 0.3) is 10.9 Å². The highest BCUT2D eigenvalue weighted by Crippen LogP contribution is 2.21. The molecule has 1 aromatic heterocycles. The number of H-pyrrole nitrogens is 1. The molecule has 2 amide bonds. The Morgan fingerprint density at radius 2 is 2.00 bits per heavy atom. The standard InChI is InChI=1S/C22H22ClN3O2/c23-18-8-3-5-15(11-18)13-24-21(27)17-7-4-10-26(14-17)22(28)20-12-16-6-1-2-9-19(16)25-20/h1-3,5-6,8-9,11-12,17,25H,4,7,10,13-14H2,(H,24,27)/t17-/m0/s1. The Morgan fingerprint density at radius 3 is 2.82 bits per heavy atom. The summed E-state index contributed by atoms with van der Waals surface area (Å²) in [5.74, 6) is -0.265. The highest BCUT2D eigenvalue weighted by molar-refractivity contribution is 6.30. The number of aromatic amines is 1. The van der Waals surface area contributed by atoms with Gasteiger partial charge in [-0.3, -0.25) is 9.59 Å². The number of aromatic nitrogens is 1. The van der Waals surface area contributed by atoms with Crippen molar-refractivity contribution in [3.8, 4) is 0 Å². The van der Waals surface area contributed by atoms with Crippen molar-refractivity contribution < 1.29 is 9.59 Å². The fraction of sp³-hybridized carbons (Fsp3) is 0.273. The maximum atomic E-state index is 12.9. The van der Waals surface area contributed by atoms with E-state index in [1.54, 1.807) is 4.90 Å². The van der Waals surface area contributed by atoms with Crippen molar-refractivity contribution in [1.82, 2.24) is 15.2 Å². The lowest BCUT2D eigenvalue weighted by atomic mass is 9.96. The van der Waals surface area contributed by atoms with Gasteiger partial charge in [0.1, 0.15) is 5.69 Å². The van der Waals surface area contributed by atoms with Crippen LogP contribution in [0.1, 0.15) is 28.9 Å². The molecular weight excluding hydrogens is 374 g/mol. The van der Waals surface area contributed by atoms with Gasteiger partial charge < -0.3 is 15.2 Å². The fourth-order valence-electron chi connectivity index (χ4n) is 3.71. The molecule has 0 unspecified atom stereocenters. The van der Waals surface area contributed by atoms with E-state index in [0.29, 0.717) is 30.4 Å². The quantitative estimate of drug-likeness (QED) is 0.701. The maximum absolute atomic E-state index is 12.9. The summed E-state index contributed by atoms with van der Waals surface area (Å²) >= 11 is 5.99. The lowest BCUT2D eigenvalue weighted by Gasteiger charge is -2.31. The molecule has 0 saturated carbocycles. The molecule has 1 saturated heterocycles. The zero-order valence-corrected chi connectivity index (χ0v) is 16.2. The average Bonchev–Trinajstić information content (AvgIpc) is 3.16. The van der Waals surface area contributed by atoms with E-state index >= 15 is 0 Å². The van der Waals surface area contributed by atoms with E-state index in [-0.39, 0.29) is 17.7 Å². The third-order valence-corrected chi connectivity index (χ3v) is 5.43. The number of nitrogens with zero attached hydrogens (tertiary/aromatic N) is 1. The van der Waals surface area contributed by atoms with Gasteiger partial charge in [-0.2, -0.15) is 0 Å². The van der Waals surface area contributed by atoms with Crippen molar-refractivity contribution >= 4 is 34.3 Å². The van der Waals surface area contributed by atoms with E-state index in [9.17, 15) is 9.59 Å². The second kappa shape index (κ2) is 8.07. The van der Waals surface area contributed by atoms with Crippen LogP contribution in [0.3, 0.4) is 0 Å². The van der Waals surface area contributed by atoms with Crippen LogP contribution in [0, 0.1) is 5.92 Å². The largest absolute Gasteiger partial charge is 0.352 e. The van der Waals surface area contributed by atoms with Gasteiger partial charge in [0.05, 0.1) is 5.92 Å². The van der Waals surface area contributed by atoms with Crippen molar-refractivity contribution in [2.75, 3.05) is 13.1 Å². The Kier molecular flexibility index (Phi) is 5.35. The Labute approximate surface area is 168 Å². The van der Waals surface area contributed by atoms with Crippen LogP contribution in [0.4, 0.5) is 0 Å². The molecule has 6 heteroatoms. The van der Waals surface area contributed by atoms with Gasteiger partial charge in [-0.05, 0) is 42.7 Å². The molecule has 1 aliphatic rings. The zero-order chi connectivity index (χ0) is 19.5. The zero-order valence-electron chi connectivity index (χ0n) is 15.5. The normalized spacial score (nSPS) is 16.9. The number of hydrogen-bond donors (Lipinski definition) is 2. The van der Waals surface area contributed by atoms with Crippen molar-refractivity contribution in [2.24, 2.45) is 5.92 Å². The van der Waals surface area contributed by atoms with Gasteiger partial charge in [0.15, 0.2) is 0 Å². The van der Waals surface area contributed by atoms with Crippen LogP contribution in [0.15, 0.2) is 54.6 Å². The SMILES string of the molecule is O=C(NCc1cccc(Cl)c1)[C@H]1CCCN(C(=O)c2cc3ccccc3[nH]2)C1. The molecule has 28 heavy (non-hydrogen) atoms. The summed E-state index contributed by atoms with van der Waals surface area (Å²) in [5.41, 5.74) is 2.47. The first-order chi connectivity index (χ1) is 13.6. The molecule has 2 aromatic carbocycles. The minimum atomic E-state index is -0.193. The number of nitrogens with one attached hydrogen (secondary N) is 2. The molecule has 5 nitrogen and oxygen atoms in total. The predicted molar refractivity (Wildman–Crippen MR) is 110 cm³/mol. The summed E-state index contributed by atoms with van der Waals surface area (Å²) in [6.07, 6.45) is 1.61. The second-order valence-corrected chi connectivity index (χ2v) is 7.64.